The first-order chi connectivity index (χ1) is 9.09. The molecule has 0 spiro atoms. The molecular weight excluding hydrogens is 244 g/mol. The number of Topliss-reactive ketones (excluding diaryl/α,β-unsaturated/α-hetero) is 1. The minimum Gasteiger partial charge on any atom is -0.372 e. The van der Waals surface area contributed by atoms with Crippen LogP contribution in [-0.4, -0.2) is 23.8 Å². The molecule has 1 heterocycles. The van der Waals surface area contributed by atoms with Gasteiger partial charge in [0.15, 0.2) is 5.78 Å². The quantitative estimate of drug-likeness (QED) is 0.477. The Hall–Kier alpha value is -1.91. The Morgan fingerprint density at radius 1 is 1.21 bits per heavy atom. The zero-order valence-electron chi connectivity index (χ0n) is 11.1. The highest BCUT2D eigenvalue weighted by molar-refractivity contribution is 5.99. The molecule has 5 heteroatoms. The van der Waals surface area contributed by atoms with Crippen LogP contribution in [0.5, 0.6) is 0 Å². The minimum atomic E-state index is -0.497. The molecule has 0 amide bonds. The van der Waals surface area contributed by atoms with E-state index in [0.29, 0.717) is 0 Å². The molecular formula is C14H18N2O3. The maximum atomic E-state index is 11.6. The molecule has 0 aliphatic carbocycles. The standard InChI is InChI=1S/C14H18N2O3/c1-11(17)13-10-12(6-7-14(13)16(18)19)15-8-4-2-3-5-9-15/h6-7,10H,2-5,8-9H2,1H3. The molecule has 1 aliphatic rings. The number of ketones is 1. The van der Waals surface area contributed by atoms with Crippen LogP contribution in [0.3, 0.4) is 0 Å². The third-order valence-electron chi connectivity index (χ3n) is 3.53. The number of nitrogens with zero attached hydrogens (tertiary/aromatic N) is 2. The van der Waals surface area contributed by atoms with Crippen LogP contribution in [0.1, 0.15) is 43.0 Å². The van der Waals surface area contributed by atoms with Gasteiger partial charge in [0, 0.05) is 24.8 Å². The van der Waals surface area contributed by atoms with Crippen LogP contribution in [0, 0.1) is 10.1 Å². The summed E-state index contributed by atoms with van der Waals surface area (Å²) in [5, 5.41) is 10.9. The van der Waals surface area contributed by atoms with Crippen molar-refractivity contribution in [2.75, 3.05) is 18.0 Å². The first-order valence-electron chi connectivity index (χ1n) is 6.64. The van der Waals surface area contributed by atoms with Crippen LogP contribution >= 0.6 is 0 Å². The Bertz CT molecular complexity index is 491. The third kappa shape index (κ3) is 3.10. The second kappa shape index (κ2) is 5.82. The van der Waals surface area contributed by atoms with Crippen molar-refractivity contribution in [1.82, 2.24) is 0 Å². The van der Waals surface area contributed by atoms with Gasteiger partial charge in [-0.3, -0.25) is 14.9 Å². The van der Waals surface area contributed by atoms with Gasteiger partial charge in [0.05, 0.1) is 10.5 Å². The van der Waals surface area contributed by atoms with Crippen molar-refractivity contribution in [3.8, 4) is 0 Å². The Morgan fingerprint density at radius 3 is 2.37 bits per heavy atom. The molecule has 0 unspecified atom stereocenters. The van der Waals surface area contributed by atoms with E-state index in [1.165, 1.54) is 25.8 Å². The number of hydrogen-bond acceptors (Lipinski definition) is 4. The molecule has 2 rings (SSSR count). The lowest BCUT2D eigenvalue weighted by Gasteiger charge is -2.22. The van der Waals surface area contributed by atoms with Crippen molar-refractivity contribution in [2.45, 2.75) is 32.6 Å². The molecule has 1 aromatic carbocycles. The zero-order chi connectivity index (χ0) is 13.8. The van der Waals surface area contributed by atoms with Gasteiger partial charge in [-0.05, 0) is 31.9 Å². The lowest BCUT2D eigenvalue weighted by atomic mass is 10.1. The lowest BCUT2D eigenvalue weighted by Crippen LogP contribution is -2.24. The van der Waals surface area contributed by atoms with E-state index < -0.39 is 4.92 Å². The predicted octanol–water partition coefficient (Wildman–Crippen LogP) is 3.18. The van der Waals surface area contributed by atoms with E-state index >= 15 is 0 Å². The molecule has 19 heavy (non-hydrogen) atoms. The van der Waals surface area contributed by atoms with Gasteiger partial charge in [0.2, 0.25) is 0 Å². The van der Waals surface area contributed by atoms with Gasteiger partial charge in [-0.1, -0.05) is 12.8 Å². The Balaban J connectivity index is 2.34. The van der Waals surface area contributed by atoms with Crippen LogP contribution in [0.25, 0.3) is 0 Å². The summed E-state index contributed by atoms with van der Waals surface area (Å²) in [5.74, 6) is -0.261. The van der Waals surface area contributed by atoms with Gasteiger partial charge in [0.25, 0.3) is 5.69 Å². The van der Waals surface area contributed by atoms with E-state index in [1.807, 2.05) is 0 Å². The van der Waals surface area contributed by atoms with E-state index in [-0.39, 0.29) is 17.0 Å². The highest BCUT2D eigenvalue weighted by Gasteiger charge is 2.19. The summed E-state index contributed by atoms with van der Waals surface area (Å²) in [4.78, 5) is 24.2. The van der Waals surface area contributed by atoms with Gasteiger partial charge in [0.1, 0.15) is 0 Å². The second-order valence-electron chi connectivity index (χ2n) is 4.92. The van der Waals surface area contributed by atoms with Crippen molar-refractivity contribution in [1.29, 1.82) is 0 Å². The summed E-state index contributed by atoms with van der Waals surface area (Å²) in [6.07, 6.45) is 4.71. The maximum Gasteiger partial charge on any atom is 0.280 e. The fraction of sp³-hybridized carbons (Fsp3) is 0.500. The van der Waals surface area contributed by atoms with Crippen LogP contribution in [0.15, 0.2) is 18.2 Å². The van der Waals surface area contributed by atoms with Crippen molar-refractivity contribution in [3.05, 3.63) is 33.9 Å². The van der Waals surface area contributed by atoms with Gasteiger partial charge in [-0.25, -0.2) is 0 Å². The number of anilines is 1. The van der Waals surface area contributed by atoms with E-state index in [9.17, 15) is 14.9 Å². The lowest BCUT2D eigenvalue weighted by molar-refractivity contribution is -0.385. The third-order valence-corrected chi connectivity index (χ3v) is 3.53. The van der Waals surface area contributed by atoms with E-state index in [2.05, 4.69) is 4.90 Å². The van der Waals surface area contributed by atoms with Gasteiger partial charge in [-0.2, -0.15) is 0 Å². The van der Waals surface area contributed by atoms with Crippen molar-refractivity contribution in [2.24, 2.45) is 0 Å². The summed E-state index contributed by atoms with van der Waals surface area (Å²) in [6.45, 7) is 3.28. The van der Waals surface area contributed by atoms with Gasteiger partial charge < -0.3 is 4.90 Å². The van der Waals surface area contributed by atoms with Crippen molar-refractivity contribution >= 4 is 17.2 Å². The molecule has 1 aromatic rings. The summed E-state index contributed by atoms with van der Waals surface area (Å²) in [6, 6.07) is 4.85. The molecule has 0 atom stereocenters. The number of nitro benzene ring substituents is 1. The van der Waals surface area contributed by atoms with Crippen molar-refractivity contribution in [3.63, 3.8) is 0 Å². The Morgan fingerprint density at radius 2 is 1.84 bits per heavy atom. The topological polar surface area (TPSA) is 63.5 Å². The summed E-state index contributed by atoms with van der Waals surface area (Å²) >= 11 is 0. The van der Waals surface area contributed by atoms with E-state index in [4.69, 9.17) is 0 Å². The fourth-order valence-electron chi connectivity index (χ4n) is 2.49. The minimum absolute atomic E-state index is 0.105. The van der Waals surface area contributed by atoms with Crippen LogP contribution in [0.4, 0.5) is 11.4 Å². The van der Waals surface area contributed by atoms with E-state index in [1.54, 1.807) is 12.1 Å². The first kappa shape index (κ1) is 13.5. The smallest absolute Gasteiger partial charge is 0.280 e. The fourth-order valence-corrected chi connectivity index (χ4v) is 2.49. The number of carbonyl (C=O) groups is 1. The molecule has 5 nitrogen and oxygen atoms in total. The molecule has 0 bridgehead atoms. The summed E-state index contributed by atoms with van der Waals surface area (Å²) in [7, 11) is 0. The second-order valence-corrected chi connectivity index (χ2v) is 4.92. The largest absolute Gasteiger partial charge is 0.372 e. The monoisotopic (exact) mass is 262 g/mol. The van der Waals surface area contributed by atoms with Gasteiger partial charge in [-0.15, -0.1) is 0 Å². The number of hydrogen-bond donors (Lipinski definition) is 0. The molecule has 0 N–H and O–H groups in total. The molecule has 0 aromatic heterocycles. The van der Waals surface area contributed by atoms with Crippen LogP contribution in [-0.2, 0) is 0 Å². The number of carbonyl (C=O) groups excluding carboxylic acids is 1. The Kier molecular flexibility index (Phi) is 4.14. The molecule has 1 aliphatic heterocycles. The van der Waals surface area contributed by atoms with Gasteiger partial charge >= 0.3 is 0 Å². The zero-order valence-corrected chi connectivity index (χ0v) is 11.1. The van der Waals surface area contributed by atoms with Crippen LogP contribution in [0.2, 0.25) is 0 Å². The summed E-state index contributed by atoms with van der Waals surface area (Å²) in [5.41, 5.74) is 1.01. The first-order valence-corrected chi connectivity index (χ1v) is 6.64. The highest BCUT2D eigenvalue weighted by atomic mass is 16.6. The molecule has 102 valence electrons. The highest BCUT2D eigenvalue weighted by Crippen LogP contribution is 2.27. The average Bonchev–Trinajstić information content (AvgIpc) is 2.66. The number of nitro groups is 1. The molecule has 1 fully saturated rings. The summed E-state index contributed by atoms with van der Waals surface area (Å²) < 4.78 is 0. The van der Waals surface area contributed by atoms with E-state index in [0.717, 1.165) is 31.6 Å². The van der Waals surface area contributed by atoms with Crippen LogP contribution < -0.4 is 4.90 Å². The molecule has 0 saturated carbocycles. The SMILES string of the molecule is CC(=O)c1cc(N2CCCCCC2)ccc1[N+](=O)[O-]. The molecule has 1 saturated heterocycles. The number of rotatable bonds is 3. The normalized spacial score (nSPS) is 15.9. The van der Waals surface area contributed by atoms with Crippen molar-refractivity contribution < 1.29 is 9.72 Å². The maximum absolute atomic E-state index is 11.6. The predicted molar refractivity (Wildman–Crippen MR) is 73.8 cm³/mol. The molecule has 0 radical (unpaired) electrons. The number of benzene rings is 1. The Labute approximate surface area is 112 Å². The average molecular weight is 262 g/mol.